The fourth-order valence-corrected chi connectivity index (χ4v) is 2.58. The maximum atomic E-state index is 13.0. The van der Waals surface area contributed by atoms with Gasteiger partial charge in [-0.1, -0.05) is 0 Å². The van der Waals surface area contributed by atoms with Crippen LogP contribution in [0.2, 0.25) is 0 Å². The molecule has 0 radical (unpaired) electrons. The van der Waals surface area contributed by atoms with Gasteiger partial charge in [-0.2, -0.15) is 0 Å². The van der Waals surface area contributed by atoms with Gasteiger partial charge >= 0.3 is 0 Å². The predicted molar refractivity (Wildman–Crippen MR) is 60.3 cm³/mol. The van der Waals surface area contributed by atoms with Crippen LogP contribution < -0.4 is 5.32 Å². The Morgan fingerprint density at radius 3 is 2.44 bits per heavy atom. The molecule has 1 nitrogen and oxygen atoms in total. The van der Waals surface area contributed by atoms with Crippen LogP contribution >= 0.6 is 0 Å². The first-order chi connectivity index (χ1) is 7.67. The van der Waals surface area contributed by atoms with Gasteiger partial charge in [-0.3, -0.25) is 0 Å². The van der Waals surface area contributed by atoms with Gasteiger partial charge < -0.3 is 5.32 Å². The molecule has 88 valence electrons. The summed E-state index contributed by atoms with van der Waals surface area (Å²) >= 11 is 0. The van der Waals surface area contributed by atoms with E-state index >= 15 is 0 Å². The quantitative estimate of drug-likeness (QED) is 0.834. The van der Waals surface area contributed by atoms with Crippen LogP contribution in [0.3, 0.4) is 0 Å². The molecule has 1 aliphatic carbocycles. The summed E-state index contributed by atoms with van der Waals surface area (Å²) in [5, 5.41) is 3.25. The van der Waals surface area contributed by atoms with E-state index in [2.05, 4.69) is 5.32 Å². The van der Waals surface area contributed by atoms with Crippen molar-refractivity contribution in [3.8, 4) is 0 Å². The second-order valence-electron chi connectivity index (χ2n) is 4.65. The molecule has 2 unspecified atom stereocenters. The summed E-state index contributed by atoms with van der Waals surface area (Å²) in [6, 6.07) is 4.38. The Balaban J connectivity index is 1.99. The van der Waals surface area contributed by atoms with Crippen molar-refractivity contribution < 1.29 is 8.78 Å². The van der Waals surface area contributed by atoms with Crippen LogP contribution in [0.4, 0.5) is 8.78 Å². The van der Waals surface area contributed by atoms with E-state index in [9.17, 15) is 8.78 Å². The highest BCUT2D eigenvalue weighted by atomic mass is 19.1. The second kappa shape index (κ2) is 4.91. The molecule has 0 amide bonds. The summed E-state index contributed by atoms with van der Waals surface area (Å²) in [5.41, 5.74) is 0.777. The molecule has 1 fully saturated rings. The minimum atomic E-state index is -0.474. The molecule has 0 bridgehead atoms. The monoisotopic (exact) mass is 225 g/mol. The van der Waals surface area contributed by atoms with Gasteiger partial charge in [0, 0.05) is 12.1 Å². The van der Waals surface area contributed by atoms with Crippen LogP contribution in [0.1, 0.15) is 24.8 Å². The predicted octanol–water partition coefficient (Wildman–Crippen LogP) is 2.90. The van der Waals surface area contributed by atoms with Gasteiger partial charge in [-0.05, 0) is 56.3 Å². The fourth-order valence-electron chi connectivity index (χ4n) is 2.58. The van der Waals surface area contributed by atoms with Crippen molar-refractivity contribution in [3.05, 3.63) is 35.4 Å². The number of nitrogens with one attached hydrogen (secondary N) is 1. The van der Waals surface area contributed by atoms with Crippen molar-refractivity contribution in [3.63, 3.8) is 0 Å². The molecule has 1 saturated carbocycles. The lowest BCUT2D eigenvalue weighted by Gasteiger charge is -2.11. The summed E-state index contributed by atoms with van der Waals surface area (Å²) in [6.45, 7) is 0. The Morgan fingerprint density at radius 2 is 1.88 bits per heavy atom. The van der Waals surface area contributed by atoms with Crippen molar-refractivity contribution >= 4 is 0 Å². The average molecular weight is 225 g/mol. The third kappa shape index (κ3) is 2.79. The highest BCUT2D eigenvalue weighted by Gasteiger charge is 2.23. The lowest BCUT2D eigenvalue weighted by molar-refractivity contribution is 0.505. The Kier molecular flexibility index (Phi) is 3.54. The molecular formula is C13H17F2N. The SMILES string of the molecule is CNC1CCC(Cc2cc(F)cc(F)c2)C1. The van der Waals surface area contributed by atoms with Gasteiger partial charge in [0.1, 0.15) is 11.6 Å². The molecule has 0 aliphatic heterocycles. The van der Waals surface area contributed by atoms with Crippen LogP contribution in [0.15, 0.2) is 18.2 Å². The zero-order valence-electron chi connectivity index (χ0n) is 9.47. The molecule has 3 heteroatoms. The number of hydrogen-bond acceptors (Lipinski definition) is 1. The van der Waals surface area contributed by atoms with Crippen molar-refractivity contribution in [2.45, 2.75) is 31.7 Å². The first-order valence-electron chi connectivity index (χ1n) is 5.79. The highest BCUT2D eigenvalue weighted by molar-refractivity contribution is 5.18. The molecule has 0 saturated heterocycles. The van der Waals surface area contributed by atoms with Crippen LogP contribution in [0, 0.1) is 17.6 Å². The second-order valence-corrected chi connectivity index (χ2v) is 4.65. The molecule has 1 aromatic rings. The van der Waals surface area contributed by atoms with E-state index in [1.165, 1.54) is 18.6 Å². The first kappa shape index (κ1) is 11.5. The van der Waals surface area contributed by atoms with Crippen molar-refractivity contribution in [2.75, 3.05) is 7.05 Å². The summed E-state index contributed by atoms with van der Waals surface area (Å²) in [4.78, 5) is 0. The molecular weight excluding hydrogens is 208 g/mol. The van der Waals surface area contributed by atoms with E-state index in [-0.39, 0.29) is 0 Å². The molecule has 2 atom stereocenters. The molecule has 16 heavy (non-hydrogen) atoms. The van der Waals surface area contributed by atoms with Gasteiger partial charge in [-0.15, -0.1) is 0 Å². The normalized spacial score (nSPS) is 24.9. The summed E-state index contributed by atoms with van der Waals surface area (Å²) < 4.78 is 26.0. The number of rotatable bonds is 3. The molecule has 0 aromatic heterocycles. The van der Waals surface area contributed by atoms with Gasteiger partial charge in [0.15, 0.2) is 0 Å². The minimum absolute atomic E-state index is 0.474. The third-order valence-electron chi connectivity index (χ3n) is 3.40. The van der Waals surface area contributed by atoms with Crippen molar-refractivity contribution in [1.29, 1.82) is 0 Å². The standard InChI is InChI=1S/C13H17F2N/c1-16-13-3-2-9(7-13)4-10-5-11(14)8-12(15)6-10/h5-6,8-9,13,16H,2-4,7H2,1H3. The Morgan fingerprint density at radius 1 is 1.19 bits per heavy atom. The topological polar surface area (TPSA) is 12.0 Å². The van der Waals surface area contributed by atoms with Crippen LogP contribution in [-0.2, 0) is 6.42 Å². The van der Waals surface area contributed by atoms with E-state index in [1.807, 2.05) is 7.05 Å². The Bertz CT molecular complexity index is 345. The van der Waals surface area contributed by atoms with Gasteiger partial charge in [0.25, 0.3) is 0 Å². The maximum absolute atomic E-state index is 13.0. The zero-order valence-corrected chi connectivity index (χ0v) is 9.47. The molecule has 1 aromatic carbocycles. The van der Waals surface area contributed by atoms with Gasteiger partial charge in [0.05, 0.1) is 0 Å². The van der Waals surface area contributed by atoms with E-state index in [0.717, 1.165) is 30.9 Å². The van der Waals surface area contributed by atoms with E-state index in [4.69, 9.17) is 0 Å². The molecule has 0 heterocycles. The molecule has 1 aliphatic rings. The van der Waals surface area contributed by atoms with E-state index in [1.54, 1.807) is 0 Å². The Labute approximate surface area is 94.9 Å². The van der Waals surface area contributed by atoms with E-state index < -0.39 is 11.6 Å². The fraction of sp³-hybridized carbons (Fsp3) is 0.538. The van der Waals surface area contributed by atoms with Crippen LogP contribution in [-0.4, -0.2) is 13.1 Å². The van der Waals surface area contributed by atoms with E-state index in [0.29, 0.717) is 12.0 Å². The lowest BCUT2D eigenvalue weighted by Crippen LogP contribution is -2.21. The summed E-state index contributed by atoms with van der Waals surface area (Å²) in [5.74, 6) is -0.394. The molecule has 2 rings (SSSR count). The molecule has 1 N–H and O–H groups in total. The van der Waals surface area contributed by atoms with Gasteiger partial charge in [0.2, 0.25) is 0 Å². The third-order valence-corrected chi connectivity index (χ3v) is 3.40. The summed E-state index contributed by atoms with van der Waals surface area (Å²) in [6.07, 6.45) is 4.20. The lowest BCUT2D eigenvalue weighted by atomic mass is 9.97. The number of hydrogen-bond donors (Lipinski definition) is 1. The van der Waals surface area contributed by atoms with Crippen LogP contribution in [0.25, 0.3) is 0 Å². The number of halogens is 2. The van der Waals surface area contributed by atoms with Crippen LogP contribution in [0.5, 0.6) is 0 Å². The first-order valence-corrected chi connectivity index (χ1v) is 5.79. The smallest absolute Gasteiger partial charge is 0.126 e. The largest absolute Gasteiger partial charge is 0.317 e. The average Bonchev–Trinajstić information content (AvgIpc) is 2.64. The highest BCUT2D eigenvalue weighted by Crippen LogP contribution is 2.28. The number of benzene rings is 1. The maximum Gasteiger partial charge on any atom is 0.126 e. The Hall–Kier alpha value is -0.960. The summed E-state index contributed by atoms with van der Waals surface area (Å²) in [7, 11) is 1.97. The van der Waals surface area contributed by atoms with Crippen molar-refractivity contribution in [2.24, 2.45) is 5.92 Å². The minimum Gasteiger partial charge on any atom is -0.317 e. The van der Waals surface area contributed by atoms with Crippen molar-refractivity contribution in [1.82, 2.24) is 5.32 Å². The molecule has 0 spiro atoms. The van der Waals surface area contributed by atoms with Gasteiger partial charge in [-0.25, -0.2) is 8.78 Å². The zero-order chi connectivity index (χ0) is 11.5.